The quantitative estimate of drug-likeness (QED) is 0.892. The highest BCUT2D eigenvalue weighted by Gasteiger charge is 2.52. The zero-order valence-electron chi connectivity index (χ0n) is 13.7. The molecule has 0 bridgehead atoms. The van der Waals surface area contributed by atoms with Crippen molar-refractivity contribution in [2.75, 3.05) is 23.8 Å². The summed E-state index contributed by atoms with van der Waals surface area (Å²) < 4.78 is 0. The molecule has 1 saturated heterocycles. The number of nitrogens with one attached hydrogen (secondary N) is 1. The van der Waals surface area contributed by atoms with Crippen molar-refractivity contribution in [2.24, 2.45) is 4.99 Å². The average Bonchev–Trinajstić information content (AvgIpc) is 2.94. The van der Waals surface area contributed by atoms with Gasteiger partial charge in [0.25, 0.3) is 0 Å². The minimum atomic E-state index is -1.53. The molecular weight excluding hydrogens is 302 g/mol. The molecule has 2 N–H and O–H groups in total. The summed E-state index contributed by atoms with van der Waals surface area (Å²) in [6.07, 6.45) is 0.353. The van der Waals surface area contributed by atoms with Gasteiger partial charge in [-0.2, -0.15) is 0 Å². The van der Waals surface area contributed by atoms with E-state index in [4.69, 9.17) is 0 Å². The molecule has 0 radical (unpaired) electrons. The van der Waals surface area contributed by atoms with Crippen LogP contribution in [-0.2, 0) is 0 Å². The first-order chi connectivity index (χ1) is 11.5. The lowest BCUT2D eigenvalue weighted by Gasteiger charge is -2.29. The van der Waals surface area contributed by atoms with Crippen molar-refractivity contribution in [1.29, 1.82) is 0 Å². The monoisotopic (exact) mass is 321 g/mol. The van der Waals surface area contributed by atoms with Crippen LogP contribution in [0, 0.1) is 6.92 Å². The minimum absolute atomic E-state index is 0.249. The second-order valence-electron chi connectivity index (χ2n) is 6.34. The predicted octanol–water partition coefficient (Wildman–Crippen LogP) is 2.90. The van der Waals surface area contributed by atoms with Crippen LogP contribution in [0.3, 0.4) is 0 Å². The molecule has 5 nitrogen and oxygen atoms in total. The number of rotatable bonds is 2. The highest BCUT2D eigenvalue weighted by Crippen LogP contribution is 2.39. The molecule has 2 aliphatic heterocycles. The molecule has 0 spiro atoms. The molecule has 5 heteroatoms. The number of anilines is 2. The van der Waals surface area contributed by atoms with Gasteiger partial charge in [0, 0.05) is 37.0 Å². The Labute approximate surface area is 140 Å². The maximum atomic E-state index is 12.9. The lowest BCUT2D eigenvalue weighted by molar-refractivity contribution is 0.0602. The molecule has 122 valence electrons. The normalized spacial score (nSPS) is 22.0. The topological polar surface area (TPSA) is 64.9 Å². The first kappa shape index (κ1) is 14.9. The molecule has 2 aromatic rings. The van der Waals surface area contributed by atoms with Crippen LogP contribution in [0.1, 0.15) is 22.3 Å². The Morgan fingerprint density at radius 1 is 1.21 bits per heavy atom. The number of hydrogen-bond donors (Lipinski definition) is 2. The minimum Gasteiger partial charge on any atom is -0.388 e. The number of aliphatic hydroxyl groups is 1. The van der Waals surface area contributed by atoms with E-state index in [1.54, 1.807) is 6.07 Å². The number of Topliss-reactive ketones (excluding diaryl/α,β-unsaturated/α-hetero) is 1. The van der Waals surface area contributed by atoms with Gasteiger partial charge in [0.1, 0.15) is 5.84 Å². The molecule has 0 aromatic heterocycles. The van der Waals surface area contributed by atoms with Crippen molar-refractivity contribution in [2.45, 2.75) is 18.9 Å². The standard InChI is InChI=1S/C19H19N3O2/c1-12-3-8-16-15(11-12)17(23)19(24)9-10-22(18(19)21-16)14-6-4-13(20-2)5-7-14/h3-8,11,20,24H,9-10H2,1-2H3. The van der Waals surface area contributed by atoms with E-state index in [0.29, 0.717) is 30.1 Å². The number of aliphatic imine (C=N–C) groups is 1. The van der Waals surface area contributed by atoms with Crippen molar-refractivity contribution in [1.82, 2.24) is 0 Å². The fourth-order valence-corrected chi connectivity index (χ4v) is 3.41. The van der Waals surface area contributed by atoms with Gasteiger partial charge in [-0.15, -0.1) is 0 Å². The Hall–Kier alpha value is -2.66. The summed E-state index contributed by atoms with van der Waals surface area (Å²) in [7, 11) is 1.87. The fourth-order valence-electron chi connectivity index (χ4n) is 3.41. The van der Waals surface area contributed by atoms with E-state index in [1.807, 2.05) is 55.3 Å². The molecule has 0 amide bonds. The Kier molecular flexibility index (Phi) is 3.21. The predicted molar refractivity (Wildman–Crippen MR) is 95.5 cm³/mol. The number of nitrogens with zero attached hydrogens (tertiary/aromatic N) is 2. The molecule has 2 heterocycles. The summed E-state index contributed by atoms with van der Waals surface area (Å²) in [5, 5.41) is 14.1. The van der Waals surface area contributed by atoms with E-state index in [-0.39, 0.29) is 5.78 Å². The Balaban J connectivity index is 1.81. The zero-order valence-corrected chi connectivity index (χ0v) is 13.7. The number of amidine groups is 1. The van der Waals surface area contributed by atoms with E-state index >= 15 is 0 Å². The number of hydrogen-bond acceptors (Lipinski definition) is 5. The van der Waals surface area contributed by atoms with Gasteiger partial charge >= 0.3 is 0 Å². The average molecular weight is 321 g/mol. The van der Waals surface area contributed by atoms with Crippen LogP contribution in [-0.4, -0.2) is 35.9 Å². The molecular formula is C19H19N3O2. The number of fused-ring (bicyclic) bond motifs is 2. The number of carbonyl (C=O) groups excluding carboxylic acids is 1. The Morgan fingerprint density at radius 3 is 2.67 bits per heavy atom. The molecule has 2 aromatic carbocycles. The van der Waals surface area contributed by atoms with E-state index < -0.39 is 5.60 Å². The summed E-state index contributed by atoms with van der Waals surface area (Å²) >= 11 is 0. The maximum Gasteiger partial charge on any atom is 0.204 e. The van der Waals surface area contributed by atoms with Gasteiger partial charge in [-0.1, -0.05) is 11.6 Å². The van der Waals surface area contributed by atoms with Crippen LogP contribution < -0.4 is 10.2 Å². The maximum absolute atomic E-state index is 12.9. The Bertz CT molecular complexity index is 857. The van der Waals surface area contributed by atoms with E-state index in [2.05, 4.69) is 10.3 Å². The molecule has 1 atom stereocenters. The first-order valence-corrected chi connectivity index (χ1v) is 8.05. The smallest absolute Gasteiger partial charge is 0.204 e. The lowest BCUT2D eigenvalue weighted by Crippen LogP contribution is -2.48. The summed E-state index contributed by atoms with van der Waals surface area (Å²) in [5.74, 6) is 0.182. The second-order valence-corrected chi connectivity index (χ2v) is 6.34. The molecule has 1 unspecified atom stereocenters. The van der Waals surface area contributed by atoms with Crippen molar-refractivity contribution in [3.63, 3.8) is 0 Å². The van der Waals surface area contributed by atoms with Gasteiger partial charge in [-0.3, -0.25) is 4.79 Å². The second kappa shape index (κ2) is 5.18. The SMILES string of the molecule is CNc1ccc(N2CCC3(O)C(=O)c4cc(C)ccc4N=C23)cc1. The number of carbonyl (C=O) groups is 1. The van der Waals surface area contributed by atoms with Crippen LogP contribution >= 0.6 is 0 Å². The van der Waals surface area contributed by atoms with E-state index in [0.717, 1.165) is 16.9 Å². The van der Waals surface area contributed by atoms with Gasteiger partial charge in [0.2, 0.25) is 5.78 Å². The lowest BCUT2D eigenvalue weighted by atomic mass is 9.87. The van der Waals surface area contributed by atoms with Gasteiger partial charge in [0.15, 0.2) is 5.60 Å². The number of ketones is 1. The van der Waals surface area contributed by atoms with Crippen LogP contribution in [0.25, 0.3) is 0 Å². The summed E-state index contributed by atoms with van der Waals surface area (Å²) in [4.78, 5) is 19.4. The van der Waals surface area contributed by atoms with Crippen molar-refractivity contribution < 1.29 is 9.90 Å². The highest BCUT2D eigenvalue weighted by atomic mass is 16.3. The molecule has 2 aliphatic rings. The molecule has 4 rings (SSSR count). The van der Waals surface area contributed by atoms with Crippen molar-refractivity contribution in [3.05, 3.63) is 53.6 Å². The largest absolute Gasteiger partial charge is 0.388 e. The van der Waals surface area contributed by atoms with Crippen molar-refractivity contribution in [3.8, 4) is 0 Å². The van der Waals surface area contributed by atoms with Gasteiger partial charge in [-0.25, -0.2) is 4.99 Å². The van der Waals surface area contributed by atoms with E-state index in [1.165, 1.54) is 0 Å². The Morgan fingerprint density at radius 2 is 1.96 bits per heavy atom. The van der Waals surface area contributed by atoms with Crippen LogP contribution in [0.5, 0.6) is 0 Å². The van der Waals surface area contributed by atoms with Gasteiger partial charge in [0.05, 0.1) is 5.69 Å². The van der Waals surface area contributed by atoms with Gasteiger partial charge in [-0.05, 0) is 43.3 Å². The van der Waals surface area contributed by atoms with Crippen molar-refractivity contribution >= 4 is 28.7 Å². The third kappa shape index (κ3) is 2.05. The van der Waals surface area contributed by atoms with Gasteiger partial charge < -0.3 is 15.3 Å². The van der Waals surface area contributed by atoms with E-state index in [9.17, 15) is 9.90 Å². The molecule has 1 fully saturated rings. The molecule has 0 aliphatic carbocycles. The van der Waals surface area contributed by atoms with Crippen LogP contribution in [0.2, 0.25) is 0 Å². The third-order valence-corrected chi connectivity index (χ3v) is 4.79. The molecule has 24 heavy (non-hydrogen) atoms. The summed E-state index contributed by atoms with van der Waals surface area (Å²) in [5.41, 5.74) is 2.53. The zero-order chi connectivity index (χ0) is 16.9. The number of benzene rings is 2. The van der Waals surface area contributed by atoms with Crippen LogP contribution in [0.4, 0.5) is 17.1 Å². The highest BCUT2D eigenvalue weighted by molar-refractivity contribution is 6.28. The molecule has 0 saturated carbocycles. The first-order valence-electron chi connectivity index (χ1n) is 8.05. The fraction of sp³-hybridized carbons (Fsp3) is 0.263. The summed E-state index contributed by atoms with van der Waals surface area (Å²) in [6.45, 7) is 2.49. The number of aryl methyl sites for hydroxylation is 1. The summed E-state index contributed by atoms with van der Waals surface area (Å²) in [6, 6.07) is 13.5. The van der Waals surface area contributed by atoms with Crippen LogP contribution in [0.15, 0.2) is 47.5 Å². The third-order valence-electron chi connectivity index (χ3n) is 4.79.